The van der Waals surface area contributed by atoms with Gasteiger partial charge in [-0.05, 0) is 39.0 Å². The van der Waals surface area contributed by atoms with Crippen LogP contribution in [0.3, 0.4) is 0 Å². The van der Waals surface area contributed by atoms with Crippen molar-refractivity contribution in [3.63, 3.8) is 0 Å². The Morgan fingerprint density at radius 1 is 1.14 bits per heavy atom. The Balaban J connectivity index is 1.28. The lowest BCUT2D eigenvalue weighted by Gasteiger charge is -2.34. The highest BCUT2D eigenvalue weighted by molar-refractivity contribution is 7.09. The fraction of sp³-hybridized carbons (Fsp3) is 0.524. The number of aromatic nitrogens is 1. The fourth-order valence-electron chi connectivity index (χ4n) is 3.53. The average Bonchev–Trinajstić information content (AvgIpc) is 3.30. The number of carbonyl (C=O) groups excluding carboxylic acids is 1. The molecule has 29 heavy (non-hydrogen) atoms. The van der Waals surface area contributed by atoms with Crippen LogP contribution in [0.4, 0.5) is 0 Å². The molecule has 0 unspecified atom stereocenters. The number of carbonyl (C=O) groups is 1. The molecule has 1 aromatic heterocycles. The van der Waals surface area contributed by atoms with Gasteiger partial charge in [-0.1, -0.05) is 0 Å². The van der Waals surface area contributed by atoms with Gasteiger partial charge >= 0.3 is 0 Å². The maximum Gasteiger partial charge on any atom is 0.234 e. The summed E-state index contributed by atoms with van der Waals surface area (Å²) in [5.74, 6) is 1.67. The molecule has 0 radical (unpaired) electrons. The number of thiazole rings is 1. The Hall–Kier alpha value is -2.16. The second-order valence-corrected chi connectivity index (χ2v) is 9.49. The smallest absolute Gasteiger partial charge is 0.234 e. The minimum Gasteiger partial charge on any atom is -0.454 e. The van der Waals surface area contributed by atoms with E-state index in [1.807, 2.05) is 39.0 Å². The second kappa shape index (κ2) is 8.30. The molecule has 7 nitrogen and oxygen atoms in total. The molecule has 1 N–H and O–H groups in total. The first kappa shape index (κ1) is 20.1. The minimum atomic E-state index is -0.181. The summed E-state index contributed by atoms with van der Waals surface area (Å²) in [5, 5.41) is 6.24. The van der Waals surface area contributed by atoms with Crippen LogP contribution in [0.2, 0.25) is 0 Å². The minimum absolute atomic E-state index is 0.0965. The van der Waals surface area contributed by atoms with E-state index in [0.717, 1.165) is 60.5 Å². The quantitative estimate of drug-likeness (QED) is 0.808. The maximum absolute atomic E-state index is 12.1. The number of rotatable bonds is 5. The molecule has 2 aliphatic rings. The van der Waals surface area contributed by atoms with E-state index in [0.29, 0.717) is 6.54 Å². The molecule has 2 aliphatic heterocycles. The first-order valence-corrected chi connectivity index (χ1v) is 10.8. The lowest BCUT2D eigenvalue weighted by Crippen LogP contribution is -2.51. The lowest BCUT2D eigenvalue weighted by molar-refractivity contribution is -0.124. The van der Waals surface area contributed by atoms with Gasteiger partial charge < -0.3 is 14.8 Å². The van der Waals surface area contributed by atoms with Gasteiger partial charge in [-0.25, -0.2) is 4.98 Å². The van der Waals surface area contributed by atoms with Gasteiger partial charge in [0, 0.05) is 42.7 Å². The first-order valence-electron chi connectivity index (χ1n) is 9.96. The third kappa shape index (κ3) is 5.26. The topological polar surface area (TPSA) is 66.9 Å². The number of hydrogen-bond acceptors (Lipinski definition) is 7. The fourth-order valence-corrected chi connectivity index (χ4v) is 4.37. The number of fused-ring (bicyclic) bond motifs is 1. The zero-order valence-electron chi connectivity index (χ0n) is 17.2. The molecular formula is C21H28N4O3S. The molecule has 4 rings (SSSR count). The van der Waals surface area contributed by atoms with E-state index in [9.17, 15) is 4.79 Å². The van der Waals surface area contributed by atoms with Crippen molar-refractivity contribution in [2.45, 2.75) is 32.9 Å². The Bertz CT molecular complexity index is 869. The van der Waals surface area contributed by atoms with Crippen LogP contribution in [0.15, 0.2) is 23.6 Å². The Kier molecular flexibility index (Phi) is 5.76. The van der Waals surface area contributed by atoms with Crippen molar-refractivity contribution in [2.75, 3.05) is 39.5 Å². The van der Waals surface area contributed by atoms with Crippen molar-refractivity contribution in [3.8, 4) is 22.8 Å². The number of nitrogens with one attached hydrogen (secondary N) is 1. The summed E-state index contributed by atoms with van der Waals surface area (Å²) in [6.45, 7) is 11.3. The Morgan fingerprint density at radius 2 is 1.86 bits per heavy atom. The van der Waals surface area contributed by atoms with E-state index in [1.54, 1.807) is 11.3 Å². The van der Waals surface area contributed by atoms with Crippen molar-refractivity contribution < 1.29 is 14.3 Å². The van der Waals surface area contributed by atoms with Crippen molar-refractivity contribution in [2.24, 2.45) is 0 Å². The van der Waals surface area contributed by atoms with Crippen LogP contribution in [0, 0.1) is 0 Å². The molecule has 0 saturated carbocycles. The lowest BCUT2D eigenvalue weighted by atomic mass is 10.1. The van der Waals surface area contributed by atoms with E-state index in [-0.39, 0.29) is 18.2 Å². The SMILES string of the molecule is CC(C)(C)NC(=O)CN1CCN(Cc2nc(-c3ccc4c(c3)OCO4)cs2)CC1. The van der Waals surface area contributed by atoms with Crippen LogP contribution in [-0.4, -0.2) is 65.7 Å². The van der Waals surface area contributed by atoms with Crippen LogP contribution in [0.1, 0.15) is 25.8 Å². The maximum atomic E-state index is 12.1. The van der Waals surface area contributed by atoms with Crippen LogP contribution in [0.25, 0.3) is 11.3 Å². The molecule has 8 heteroatoms. The summed E-state index contributed by atoms with van der Waals surface area (Å²) in [4.78, 5) is 21.5. The highest BCUT2D eigenvalue weighted by atomic mass is 32.1. The van der Waals surface area contributed by atoms with Gasteiger partial charge in [0.2, 0.25) is 12.7 Å². The molecular weight excluding hydrogens is 388 g/mol. The summed E-state index contributed by atoms with van der Waals surface area (Å²) in [7, 11) is 0. The zero-order valence-corrected chi connectivity index (χ0v) is 18.1. The molecule has 0 atom stereocenters. The van der Waals surface area contributed by atoms with E-state index in [4.69, 9.17) is 14.5 Å². The van der Waals surface area contributed by atoms with Gasteiger partial charge in [0.1, 0.15) is 5.01 Å². The standard InChI is InChI=1S/C21H28N4O3S/c1-21(2,3)23-19(26)11-24-6-8-25(9-7-24)12-20-22-16(13-29-20)15-4-5-17-18(10-15)28-14-27-17/h4-5,10,13H,6-9,11-12,14H2,1-3H3,(H,23,26). The summed E-state index contributed by atoms with van der Waals surface area (Å²) >= 11 is 1.69. The number of benzene rings is 1. The third-order valence-corrected chi connectivity index (χ3v) is 5.76. The molecule has 2 aromatic rings. The second-order valence-electron chi connectivity index (χ2n) is 8.54. The highest BCUT2D eigenvalue weighted by Gasteiger charge is 2.22. The number of hydrogen-bond donors (Lipinski definition) is 1. The molecule has 1 aromatic carbocycles. The molecule has 0 spiro atoms. The number of ether oxygens (including phenoxy) is 2. The summed E-state index contributed by atoms with van der Waals surface area (Å²) in [5.41, 5.74) is 1.84. The van der Waals surface area contributed by atoms with Gasteiger partial charge in [0.15, 0.2) is 11.5 Å². The normalized spacial score (nSPS) is 17.5. The van der Waals surface area contributed by atoms with E-state index < -0.39 is 0 Å². The Morgan fingerprint density at radius 3 is 2.62 bits per heavy atom. The van der Waals surface area contributed by atoms with E-state index >= 15 is 0 Å². The van der Waals surface area contributed by atoms with Crippen molar-refractivity contribution >= 4 is 17.2 Å². The van der Waals surface area contributed by atoms with Gasteiger partial charge in [-0.15, -0.1) is 11.3 Å². The summed E-state index contributed by atoms with van der Waals surface area (Å²) in [6, 6.07) is 5.95. The highest BCUT2D eigenvalue weighted by Crippen LogP contribution is 2.36. The molecule has 0 aliphatic carbocycles. The van der Waals surface area contributed by atoms with Gasteiger partial charge in [0.25, 0.3) is 0 Å². The number of nitrogens with zero attached hydrogens (tertiary/aromatic N) is 3. The number of amides is 1. The van der Waals surface area contributed by atoms with Crippen molar-refractivity contribution in [3.05, 3.63) is 28.6 Å². The largest absolute Gasteiger partial charge is 0.454 e. The molecule has 1 saturated heterocycles. The predicted octanol–water partition coefficient (Wildman–Crippen LogP) is 2.57. The molecule has 1 amide bonds. The molecule has 3 heterocycles. The zero-order chi connectivity index (χ0) is 20.4. The number of piperazine rings is 1. The van der Waals surface area contributed by atoms with E-state index in [1.165, 1.54) is 0 Å². The Labute approximate surface area is 175 Å². The molecule has 0 bridgehead atoms. The molecule has 156 valence electrons. The van der Waals surface area contributed by atoms with Crippen LogP contribution >= 0.6 is 11.3 Å². The van der Waals surface area contributed by atoms with Crippen LogP contribution < -0.4 is 14.8 Å². The van der Waals surface area contributed by atoms with Gasteiger partial charge in [-0.3, -0.25) is 14.6 Å². The third-order valence-electron chi connectivity index (χ3n) is 4.93. The summed E-state index contributed by atoms with van der Waals surface area (Å²) < 4.78 is 10.8. The first-order chi connectivity index (χ1) is 13.9. The molecule has 1 fully saturated rings. The predicted molar refractivity (Wildman–Crippen MR) is 113 cm³/mol. The van der Waals surface area contributed by atoms with Crippen LogP contribution in [-0.2, 0) is 11.3 Å². The van der Waals surface area contributed by atoms with Gasteiger partial charge in [-0.2, -0.15) is 0 Å². The monoisotopic (exact) mass is 416 g/mol. The van der Waals surface area contributed by atoms with Crippen molar-refractivity contribution in [1.82, 2.24) is 20.1 Å². The van der Waals surface area contributed by atoms with Gasteiger partial charge in [0.05, 0.1) is 18.8 Å². The van der Waals surface area contributed by atoms with Crippen LogP contribution in [0.5, 0.6) is 11.5 Å². The van der Waals surface area contributed by atoms with E-state index in [2.05, 4.69) is 20.5 Å². The van der Waals surface area contributed by atoms with Crippen molar-refractivity contribution in [1.29, 1.82) is 0 Å². The average molecular weight is 417 g/mol. The summed E-state index contributed by atoms with van der Waals surface area (Å²) in [6.07, 6.45) is 0.